The quantitative estimate of drug-likeness (QED) is 0.565. The molecule has 160 valence electrons. The second-order valence-electron chi connectivity index (χ2n) is 7.11. The number of nitrogens with one attached hydrogen (secondary N) is 1. The van der Waals surface area contributed by atoms with Crippen LogP contribution in [0, 0.1) is 0 Å². The van der Waals surface area contributed by atoms with Gasteiger partial charge in [-0.15, -0.1) is 10.2 Å². The molecule has 0 saturated heterocycles. The molecule has 8 heteroatoms. The number of rotatable bonds is 7. The zero-order valence-corrected chi connectivity index (χ0v) is 18.3. The summed E-state index contributed by atoms with van der Waals surface area (Å²) < 4.78 is 10.5. The molecule has 1 amide bonds. The number of amides is 1. The molecule has 1 N–H and O–H groups in total. The number of hydrogen-bond donors (Lipinski definition) is 1. The maximum atomic E-state index is 12.3. The molecule has 0 unspecified atom stereocenters. The molecule has 4 rings (SSSR count). The third-order valence-electron chi connectivity index (χ3n) is 5.07. The van der Waals surface area contributed by atoms with E-state index in [2.05, 4.69) is 44.7 Å². The van der Waals surface area contributed by atoms with Crippen LogP contribution in [-0.4, -0.2) is 42.6 Å². The summed E-state index contributed by atoms with van der Waals surface area (Å²) in [6.45, 7) is 1.76. The SMILES string of the molecule is COc1cc(NC(=O)CSc2ccc(N3CCc4ccccc4C3)nn2)cc(OC)c1. The Morgan fingerprint density at radius 1 is 1.03 bits per heavy atom. The summed E-state index contributed by atoms with van der Waals surface area (Å²) >= 11 is 1.34. The Morgan fingerprint density at radius 2 is 1.77 bits per heavy atom. The smallest absolute Gasteiger partial charge is 0.234 e. The fourth-order valence-electron chi connectivity index (χ4n) is 3.47. The summed E-state index contributed by atoms with van der Waals surface area (Å²) in [6, 6.07) is 17.6. The molecule has 2 heterocycles. The van der Waals surface area contributed by atoms with Crippen LogP contribution in [0.2, 0.25) is 0 Å². The number of carbonyl (C=O) groups excluding carboxylic acids is 1. The highest BCUT2D eigenvalue weighted by atomic mass is 32.2. The van der Waals surface area contributed by atoms with Crippen molar-refractivity contribution in [2.45, 2.75) is 18.0 Å². The van der Waals surface area contributed by atoms with Crippen LogP contribution in [0.15, 0.2) is 59.6 Å². The second kappa shape index (κ2) is 9.70. The van der Waals surface area contributed by atoms with Gasteiger partial charge in [-0.2, -0.15) is 0 Å². The Morgan fingerprint density at radius 3 is 2.45 bits per heavy atom. The van der Waals surface area contributed by atoms with Crippen LogP contribution in [0.5, 0.6) is 11.5 Å². The van der Waals surface area contributed by atoms with Crippen molar-refractivity contribution >= 4 is 29.2 Å². The van der Waals surface area contributed by atoms with Gasteiger partial charge in [0.25, 0.3) is 0 Å². The van der Waals surface area contributed by atoms with Gasteiger partial charge < -0.3 is 19.7 Å². The zero-order chi connectivity index (χ0) is 21.6. The molecular formula is C23H24N4O3S. The minimum Gasteiger partial charge on any atom is -0.497 e. The Bertz CT molecular complexity index is 1040. The summed E-state index contributed by atoms with van der Waals surface area (Å²) in [4.78, 5) is 14.6. The standard InChI is InChI=1S/C23H24N4O3S/c1-29-19-11-18(12-20(13-19)30-2)24-22(28)15-31-23-8-7-21(25-26-23)27-10-9-16-5-3-4-6-17(16)14-27/h3-8,11-13H,9-10,14-15H2,1-2H3,(H,24,28). The number of hydrogen-bond acceptors (Lipinski definition) is 7. The Hall–Kier alpha value is -3.26. The molecule has 0 radical (unpaired) electrons. The van der Waals surface area contributed by atoms with Crippen molar-refractivity contribution in [3.63, 3.8) is 0 Å². The highest BCUT2D eigenvalue weighted by Crippen LogP contribution is 2.27. The van der Waals surface area contributed by atoms with Gasteiger partial charge in [0, 0.05) is 37.0 Å². The molecule has 0 spiro atoms. The van der Waals surface area contributed by atoms with Gasteiger partial charge in [0.15, 0.2) is 5.82 Å². The third-order valence-corrected chi connectivity index (χ3v) is 5.99. The van der Waals surface area contributed by atoms with Crippen molar-refractivity contribution < 1.29 is 14.3 Å². The summed E-state index contributed by atoms with van der Waals surface area (Å²) in [5.41, 5.74) is 3.35. The van der Waals surface area contributed by atoms with Gasteiger partial charge in [0.05, 0.1) is 20.0 Å². The number of methoxy groups -OCH3 is 2. The van der Waals surface area contributed by atoms with E-state index >= 15 is 0 Å². The summed E-state index contributed by atoms with van der Waals surface area (Å²) in [7, 11) is 3.14. The van der Waals surface area contributed by atoms with Crippen LogP contribution in [-0.2, 0) is 17.8 Å². The molecule has 31 heavy (non-hydrogen) atoms. The van der Waals surface area contributed by atoms with E-state index in [0.717, 1.165) is 25.3 Å². The van der Waals surface area contributed by atoms with E-state index in [1.807, 2.05) is 12.1 Å². The number of carbonyl (C=O) groups is 1. The lowest BCUT2D eigenvalue weighted by atomic mass is 10.00. The van der Waals surface area contributed by atoms with Crippen molar-refractivity contribution in [3.8, 4) is 11.5 Å². The van der Waals surface area contributed by atoms with Crippen molar-refractivity contribution in [3.05, 3.63) is 65.7 Å². The predicted octanol–water partition coefficient (Wildman–Crippen LogP) is 3.79. The minimum atomic E-state index is -0.140. The van der Waals surface area contributed by atoms with Crippen molar-refractivity contribution in [1.82, 2.24) is 10.2 Å². The minimum absolute atomic E-state index is 0.140. The fourth-order valence-corrected chi connectivity index (χ4v) is 4.08. The molecule has 3 aromatic rings. The van der Waals surface area contributed by atoms with E-state index in [1.165, 1.54) is 22.9 Å². The maximum absolute atomic E-state index is 12.3. The number of benzene rings is 2. The van der Waals surface area contributed by atoms with Crippen LogP contribution in [0.1, 0.15) is 11.1 Å². The highest BCUT2D eigenvalue weighted by molar-refractivity contribution is 7.99. The van der Waals surface area contributed by atoms with Gasteiger partial charge in [-0.25, -0.2) is 0 Å². The van der Waals surface area contributed by atoms with E-state index in [-0.39, 0.29) is 11.7 Å². The molecule has 7 nitrogen and oxygen atoms in total. The second-order valence-corrected chi connectivity index (χ2v) is 8.10. The van der Waals surface area contributed by atoms with Crippen LogP contribution in [0.25, 0.3) is 0 Å². The van der Waals surface area contributed by atoms with Gasteiger partial charge in [0.2, 0.25) is 5.91 Å². The molecule has 0 saturated carbocycles. The summed E-state index contributed by atoms with van der Waals surface area (Å²) in [5.74, 6) is 2.17. The third kappa shape index (κ3) is 5.27. The van der Waals surface area contributed by atoms with Crippen LogP contribution in [0.3, 0.4) is 0 Å². The molecule has 1 aliphatic heterocycles. The number of thioether (sulfide) groups is 1. The topological polar surface area (TPSA) is 76.6 Å². The maximum Gasteiger partial charge on any atom is 0.234 e. The number of aromatic nitrogens is 2. The molecule has 0 atom stereocenters. The first-order valence-corrected chi connectivity index (χ1v) is 10.9. The average molecular weight is 437 g/mol. The molecular weight excluding hydrogens is 412 g/mol. The van der Waals surface area contributed by atoms with E-state index in [9.17, 15) is 4.79 Å². The highest BCUT2D eigenvalue weighted by Gasteiger charge is 2.17. The Balaban J connectivity index is 1.32. The predicted molar refractivity (Wildman–Crippen MR) is 122 cm³/mol. The number of nitrogens with zero attached hydrogens (tertiary/aromatic N) is 3. The van der Waals surface area contributed by atoms with E-state index in [4.69, 9.17) is 9.47 Å². The molecule has 2 aromatic carbocycles. The normalized spacial score (nSPS) is 12.8. The van der Waals surface area contributed by atoms with Crippen molar-refractivity contribution in [2.75, 3.05) is 36.7 Å². The average Bonchev–Trinajstić information content (AvgIpc) is 2.82. The molecule has 0 bridgehead atoms. The van der Waals surface area contributed by atoms with E-state index in [1.54, 1.807) is 32.4 Å². The van der Waals surface area contributed by atoms with Crippen LogP contribution in [0.4, 0.5) is 11.5 Å². The Kier molecular flexibility index (Phi) is 6.57. The van der Waals surface area contributed by atoms with E-state index < -0.39 is 0 Å². The lowest BCUT2D eigenvalue weighted by molar-refractivity contribution is -0.113. The Labute approximate surface area is 185 Å². The number of anilines is 2. The first-order chi connectivity index (χ1) is 15.1. The van der Waals surface area contributed by atoms with Gasteiger partial charge in [-0.05, 0) is 29.7 Å². The number of fused-ring (bicyclic) bond motifs is 1. The van der Waals surface area contributed by atoms with Gasteiger partial charge in [-0.1, -0.05) is 36.0 Å². The molecule has 1 aromatic heterocycles. The molecule has 0 fully saturated rings. The zero-order valence-electron chi connectivity index (χ0n) is 17.5. The summed E-state index contributed by atoms with van der Waals surface area (Å²) in [5, 5.41) is 12.2. The first-order valence-electron chi connectivity index (χ1n) is 9.96. The molecule has 0 aliphatic carbocycles. The van der Waals surface area contributed by atoms with Crippen LogP contribution < -0.4 is 19.7 Å². The molecule has 1 aliphatic rings. The first kappa shape index (κ1) is 21.0. The van der Waals surface area contributed by atoms with Gasteiger partial charge in [0.1, 0.15) is 16.5 Å². The van der Waals surface area contributed by atoms with Crippen LogP contribution >= 0.6 is 11.8 Å². The fraction of sp³-hybridized carbons (Fsp3) is 0.261. The van der Waals surface area contributed by atoms with Gasteiger partial charge >= 0.3 is 0 Å². The lowest BCUT2D eigenvalue weighted by Gasteiger charge is -2.29. The lowest BCUT2D eigenvalue weighted by Crippen LogP contribution is -2.31. The van der Waals surface area contributed by atoms with E-state index in [0.29, 0.717) is 22.2 Å². The van der Waals surface area contributed by atoms with Gasteiger partial charge in [-0.3, -0.25) is 4.79 Å². The van der Waals surface area contributed by atoms with Crippen molar-refractivity contribution in [2.24, 2.45) is 0 Å². The summed E-state index contributed by atoms with van der Waals surface area (Å²) in [6.07, 6.45) is 1.00. The monoisotopic (exact) mass is 436 g/mol. The van der Waals surface area contributed by atoms with Crippen molar-refractivity contribution in [1.29, 1.82) is 0 Å². The number of ether oxygens (including phenoxy) is 2. The largest absolute Gasteiger partial charge is 0.497 e.